The summed E-state index contributed by atoms with van der Waals surface area (Å²) in [5, 5.41) is 11.6. The molecule has 0 amide bonds. The lowest BCUT2D eigenvalue weighted by Crippen LogP contribution is -2.22. The fourth-order valence-electron chi connectivity index (χ4n) is 3.16. The molecule has 200 valence electrons. The number of aliphatic hydroxyl groups is 1. The summed E-state index contributed by atoms with van der Waals surface area (Å²) in [6.07, 6.45) is 0. The van der Waals surface area contributed by atoms with Crippen LogP contribution >= 0.6 is 34.3 Å². The molecule has 2 heterocycles. The number of benzene rings is 1. The highest BCUT2D eigenvalue weighted by Gasteiger charge is 2.25. The maximum atomic E-state index is 12.4. The molecule has 0 aliphatic heterocycles. The van der Waals surface area contributed by atoms with Crippen molar-refractivity contribution in [2.24, 2.45) is 0 Å². The summed E-state index contributed by atoms with van der Waals surface area (Å²) >= 11 is 8.81. The minimum atomic E-state index is -3.61. The summed E-state index contributed by atoms with van der Waals surface area (Å²) < 4.78 is 27.6. The lowest BCUT2D eigenvalue weighted by molar-refractivity contribution is 0.514. The lowest BCUT2D eigenvalue weighted by Gasteiger charge is -2.17. The van der Waals surface area contributed by atoms with E-state index in [-0.39, 0.29) is 34.8 Å². The van der Waals surface area contributed by atoms with Gasteiger partial charge in [0.25, 0.3) is 0 Å². The molecule has 0 saturated carbocycles. The fourth-order valence-corrected chi connectivity index (χ4v) is 6.95. The molecule has 6 N–H and O–H groups in total. The number of nitrogen functional groups attached to an aromatic ring is 2. The molecule has 6 nitrogen and oxygen atoms in total. The van der Waals surface area contributed by atoms with Gasteiger partial charge < -0.3 is 16.6 Å². The minimum Gasteiger partial charge on any atom is -0.508 e. The molecule has 0 spiro atoms. The molecule has 0 bridgehead atoms. The first-order valence-corrected chi connectivity index (χ1v) is 14.4. The predicted molar refractivity (Wildman–Crippen MR) is 159 cm³/mol. The van der Waals surface area contributed by atoms with Crippen LogP contribution in [-0.2, 0) is 27.4 Å². The van der Waals surface area contributed by atoms with Crippen molar-refractivity contribution in [3.8, 4) is 0 Å². The van der Waals surface area contributed by atoms with Crippen molar-refractivity contribution in [2.75, 3.05) is 11.5 Å². The van der Waals surface area contributed by atoms with Gasteiger partial charge in [-0.2, -0.15) is 0 Å². The molecule has 1 aromatic carbocycles. The summed E-state index contributed by atoms with van der Waals surface area (Å²) in [6.45, 7) is 15.9. The van der Waals surface area contributed by atoms with Crippen LogP contribution in [0.25, 0.3) is 5.76 Å². The van der Waals surface area contributed by atoms with E-state index in [4.69, 9.17) is 23.1 Å². The van der Waals surface area contributed by atoms with Crippen LogP contribution in [0.2, 0.25) is 5.02 Å². The smallest absolute Gasteiger partial charge is 0.250 e. The number of nitrogens with two attached hydrogens (primary N) is 2. The van der Waals surface area contributed by atoms with E-state index >= 15 is 0 Å². The van der Waals surface area contributed by atoms with E-state index in [1.165, 1.54) is 17.4 Å². The fraction of sp³-hybridized carbons (Fsp3) is 0.385. The Bertz CT molecular complexity index is 1300. The molecule has 3 aromatic rings. The normalized spacial score (nSPS) is 11.9. The molecular weight excluding hydrogens is 534 g/mol. The Labute approximate surface area is 229 Å². The molecule has 0 unspecified atom stereocenters. The van der Waals surface area contributed by atoms with E-state index in [9.17, 15) is 13.5 Å². The van der Waals surface area contributed by atoms with Gasteiger partial charge in [-0.15, -0.1) is 22.7 Å². The van der Waals surface area contributed by atoms with Gasteiger partial charge in [0, 0.05) is 38.0 Å². The lowest BCUT2D eigenvalue weighted by atomic mass is 9.93. The predicted octanol–water partition coefficient (Wildman–Crippen LogP) is 7.55. The second-order valence-corrected chi connectivity index (χ2v) is 14.4. The monoisotopic (exact) mass is 571 g/mol. The molecular formula is C26H38ClN3O3S3. The average Bonchev–Trinajstić information content (AvgIpc) is 3.31. The second-order valence-electron chi connectivity index (χ2n) is 10.1. The molecule has 0 aliphatic rings. The first-order valence-electron chi connectivity index (χ1n) is 10.8. The van der Waals surface area contributed by atoms with E-state index in [1.807, 2.05) is 32.2 Å². The van der Waals surface area contributed by atoms with E-state index in [0.717, 1.165) is 15.3 Å². The number of rotatable bonds is 5. The van der Waals surface area contributed by atoms with Gasteiger partial charge in [0.15, 0.2) is 0 Å². The van der Waals surface area contributed by atoms with Crippen LogP contribution in [0.3, 0.4) is 0 Å². The van der Waals surface area contributed by atoms with Crippen LogP contribution in [0.15, 0.2) is 46.5 Å². The summed E-state index contributed by atoms with van der Waals surface area (Å²) in [6, 6.07) is 8.65. The summed E-state index contributed by atoms with van der Waals surface area (Å²) in [5.74, 6) is 0.0456. The van der Waals surface area contributed by atoms with Gasteiger partial charge in [0.05, 0.1) is 5.69 Å². The number of hydrogen-bond donors (Lipinski definition) is 4. The van der Waals surface area contributed by atoms with Crippen molar-refractivity contribution < 1.29 is 13.5 Å². The van der Waals surface area contributed by atoms with Crippen LogP contribution in [0, 0.1) is 0 Å². The first-order chi connectivity index (χ1) is 15.9. The summed E-state index contributed by atoms with van der Waals surface area (Å²) in [7, 11) is -3.61. The number of nitrogens with one attached hydrogen (secondary N) is 1. The Kier molecular flexibility index (Phi) is 10.7. The molecule has 2 aromatic heterocycles. The molecule has 3 rings (SSSR count). The van der Waals surface area contributed by atoms with Crippen molar-refractivity contribution in [1.29, 1.82) is 0 Å². The van der Waals surface area contributed by atoms with Crippen molar-refractivity contribution in [1.82, 2.24) is 4.72 Å². The Morgan fingerprint density at radius 3 is 2.06 bits per heavy atom. The van der Waals surface area contributed by atoms with Crippen molar-refractivity contribution in [2.45, 2.75) is 70.6 Å². The molecule has 0 atom stereocenters. The zero-order chi connectivity index (χ0) is 26.8. The van der Waals surface area contributed by atoms with Crippen LogP contribution in [-0.4, -0.2) is 13.5 Å². The molecule has 0 aliphatic carbocycles. The van der Waals surface area contributed by atoms with Gasteiger partial charge in [0.2, 0.25) is 10.0 Å². The van der Waals surface area contributed by atoms with Gasteiger partial charge in [-0.3, -0.25) is 0 Å². The van der Waals surface area contributed by atoms with Gasteiger partial charge in [-0.25, -0.2) is 13.1 Å². The van der Waals surface area contributed by atoms with Gasteiger partial charge in [0.1, 0.15) is 9.97 Å². The number of sulfonamides is 1. The third-order valence-electron chi connectivity index (χ3n) is 4.92. The first kappa shape index (κ1) is 32.0. The van der Waals surface area contributed by atoms with Crippen LogP contribution < -0.4 is 16.2 Å². The second kappa shape index (κ2) is 12.0. The minimum absolute atomic E-state index is 0. The highest BCUT2D eigenvalue weighted by molar-refractivity contribution is 7.91. The average molecular weight is 572 g/mol. The van der Waals surface area contributed by atoms with Crippen LogP contribution in [0.5, 0.6) is 0 Å². The molecule has 0 fully saturated rings. The Balaban J connectivity index is 0.000000397. The summed E-state index contributed by atoms with van der Waals surface area (Å²) in [4.78, 5) is 1.96. The molecule has 0 saturated heterocycles. The van der Waals surface area contributed by atoms with E-state index in [2.05, 4.69) is 32.1 Å². The van der Waals surface area contributed by atoms with Gasteiger partial charge in [-0.05, 0) is 28.5 Å². The Morgan fingerprint density at radius 2 is 1.64 bits per heavy atom. The number of anilines is 2. The number of thiophene rings is 2. The third-order valence-corrected chi connectivity index (χ3v) is 10.2. The van der Waals surface area contributed by atoms with Crippen LogP contribution in [0.1, 0.15) is 69.9 Å². The third kappa shape index (κ3) is 7.98. The molecule has 10 heteroatoms. The van der Waals surface area contributed by atoms with E-state index < -0.39 is 10.0 Å². The van der Waals surface area contributed by atoms with Crippen LogP contribution in [0.4, 0.5) is 11.4 Å². The number of aliphatic hydroxyl groups excluding tert-OH is 1. The zero-order valence-electron chi connectivity index (χ0n) is 20.9. The molecule has 0 radical (unpaired) electrons. The van der Waals surface area contributed by atoms with E-state index in [1.54, 1.807) is 29.5 Å². The maximum Gasteiger partial charge on any atom is 0.250 e. The SMILES string of the molecule is C.C=C(O)c1csc(C(C)(C)C)c1N.CC(C)(C)c1sc(S(=O)(=O)NCc2ccccc2Cl)cc1N. The number of halogens is 1. The highest BCUT2D eigenvalue weighted by Crippen LogP contribution is 2.38. The quantitative estimate of drug-likeness (QED) is 0.236. The van der Waals surface area contributed by atoms with Gasteiger partial charge >= 0.3 is 0 Å². The zero-order valence-corrected chi connectivity index (χ0v) is 24.1. The van der Waals surface area contributed by atoms with Gasteiger partial charge in [-0.1, -0.05) is 85.3 Å². The Morgan fingerprint density at radius 1 is 1.08 bits per heavy atom. The van der Waals surface area contributed by atoms with Crippen molar-refractivity contribution in [3.63, 3.8) is 0 Å². The number of hydrogen-bond acceptors (Lipinski definition) is 7. The summed E-state index contributed by atoms with van der Waals surface area (Å²) in [5.41, 5.74) is 14.2. The Hall–Kier alpha value is -2.04. The van der Waals surface area contributed by atoms with E-state index in [0.29, 0.717) is 22.0 Å². The highest BCUT2D eigenvalue weighted by atomic mass is 35.5. The topological polar surface area (TPSA) is 118 Å². The largest absolute Gasteiger partial charge is 0.508 e. The molecule has 36 heavy (non-hydrogen) atoms. The van der Waals surface area contributed by atoms with Crippen molar-refractivity contribution >= 4 is 61.4 Å². The van der Waals surface area contributed by atoms with Crippen molar-refractivity contribution in [3.05, 3.63) is 68.2 Å². The standard InChI is InChI=1S/C15H19ClN2O2S2.C10H15NOS.CH4/c1-15(2,3)14-12(17)8-13(21-14)22(19,20)18-9-10-6-4-5-7-11(10)16;1-6(12)7-5-13-9(8(7)11)10(2,3)4;/h4-8,18H,9,17H2,1-3H3;5,12H,1,11H2,2-4H3;1H4. The maximum absolute atomic E-state index is 12.4.